The molecule has 1 heterocycles. The Labute approximate surface area is 138 Å². The molecule has 0 saturated heterocycles. The van der Waals surface area contributed by atoms with E-state index in [4.69, 9.17) is 5.73 Å². The highest BCUT2D eigenvalue weighted by Crippen LogP contribution is 2.18. The number of amides is 2. The molecule has 0 aliphatic carbocycles. The minimum atomic E-state index is -1.02. The molecule has 0 bridgehead atoms. The van der Waals surface area contributed by atoms with Crippen molar-refractivity contribution in [3.63, 3.8) is 0 Å². The number of ether oxygens (including phenoxy) is 1. The molecule has 2 rings (SSSR count). The fourth-order valence-corrected chi connectivity index (χ4v) is 2.28. The van der Waals surface area contributed by atoms with E-state index < -0.39 is 12.2 Å². The van der Waals surface area contributed by atoms with Gasteiger partial charge in [0.2, 0.25) is 0 Å². The maximum absolute atomic E-state index is 12.5. The molecular weight excluding hydrogens is 312 g/mol. The first-order valence-electron chi connectivity index (χ1n) is 7.27. The number of anilines is 1. The van der Waals surface area contributed by atoms with Crippen LogP contribution in [0, 0.1) is 6.92 Å². The number of aromatic nitrogens is 2. The van der Waals surface area contributed by atoms with Crippen LogP contribution in [0.3, 0.4) is 0 Å². The zero-order valence-corrected chi connectivity index (χ0v) is 13.3. The molecular formula is C16H18N4O4. The van der Waals surface area contributed by atoms with Crippen LogP contribution < -0.4 is 11.1 Å². The molecule has 4 N–H and O–H groups in total. The van der Waals surface area contributed by atoms with Gasteiger partial charge < -0.3 is 15.8 Å². The number of H-pyrrole nitrogens is 1. The van der Waals surface area contributed by atoms with E-state index in [0.717, 1.165) is 5.56 Å². The zero-order valence-electron chi connectivity index (χ0n) is 13.3. The van der Waals surface area contributed by atoms with Crippen molar-refractivity contribution < 1.29 is 19.1 Å². The second-order valence-electron chi connectivity index (χ2n) is 5.24. The summed E-state index contributed by atoms with van der Waals surface area (Å²) in [5.74, 6) is -0.342. The summed E-state index contributed by atoms with van der Waals surface area (Å²) in [6, 6.07) is 6.82. The van der Waals surface area contributed by atoms with Crippen LogP contribution in [0.2, 0.25) is 0 Å². The van der Waals surface area contributed by atoms with Gasteiger partial charge in [-0.2, -0.15) is 5.10 Å². The number of nitrogens with two attached hydrogens (primary N) is 1. The second kappa shape index (κ2) is 7.40. The Morgan fingerprint density at radius 3 is 2.71 bits per heavy atom. The van der Waals surface area contributed by atoms with Gasteiger partial charge in [0.05, 0.1) is 0 Å². The van der Waals surface area contributed by atoms with Crippen molar-refractivity contribution >= 4 is 23.6 Å². The molecule has 2 amide bonds. The van der Waals surface area contributed by atoms with Gasteiger partial charge in [-0.15, -0.1) is 0 Å². The maximum Gasteiger partial charge on any atom is 0.405 e. The number of ketones is 1. The van der Waals surface area contributed by atoms with Crippen LogP contribution in [0.15, 0.2) is 30.5 Å². The number of rotatable bonds is 6. The Kier molecular flexibility index (Phi) is 5.31. The van der Waals surface area contributed by atoms with Crippen LogP contribution in [0.4, 0.5) is 10.6 Å². The lowest BCUT2D eigenvalue weighted by atomic mass is 9.96. The van der Waals surface area contributed by atoms with Crippen LogP contribution in [0.25, 0.3) is 0 Å². The number of primary amides is 1. The predicted molar refractivity (Wildman–Crippen MR) is 86.6 cm³/mol. The molecule has 0 spiro atoms. The van der Waals surface area contributed by atoms with Gasteiger partial charge in [-0.1, -0.05) is 18.2 Å². The Morgan fingerprint density at radius 1 is 1.33 bits per heavy atom. The molecule has 0 unspecified atom stereocenters. The predicted octanol–water partition coefficient (Wildman–Crippen LogP) is 1.57. The minimum Gasteiger partial charge on any atom is -0.439 e. The summed E-state index contributed by atoms with van der Waals surface area (Å²) < 4.78 is 4.67. The number of carbonyl (C=O) groups excluding carboxylic acids is 3. The number of hydrogen-bond donors (Lipinski definition) is 3. The van der Waals surface area contributed by atoms with Crippen molar-refractivity contribution in [2.75, 3.05) is 5.32 Å². The van der Waals surface area contributed by atoms with Crippen molar-refractivity contribution in [1.29, 1.82) is 0 Å². The smallest absolute Gasteiger partial charge is 0.405 e. The minimum absolute atomic E-state index is 0.0561. The second-order valence-corrected chi connectivity index (χ2v) is 5.24. The summed E-state index contributed by atoms with van der Waals surface area (Å²) >= 11 is 0. The summed E-state index contributed by atoms with van der Waals surface area (Å²) in [6.07, 6.45) is -0.470. The molecule has 1 atom stereocenters. The highest BCUT2D eigenvalue weighted by molar-refractivity contribution is 6.06. The molecule has 126 valence electrons. The van der Waals surface area contributed by atoms with E-state index in [1.165, 1.54) is 6.92 Å². The molecule has 0 radical (unpaired) electrons. The summed E-state index contributed by atoms with van der Waals surface area (Å²) in [5.41, 5.74) is 6.56. The maximum atomic E-state index is 12.5. The van der Waals surface area contributed by atoms with Gasteiger partial charge in [0, 0.05) is 24.2 Å². The lowest BCUT2D eigenvalue weighted by Crippen LogP contribution is -2.29. The Balaban J connectivity index is 2.21. The molecule has 1 aromatic carbocycles. The first-order chi connectivity index (χ1) is 11.4. The van der Waals surface area contributed by atoms with Crippen molar-refractivity contribution in [2.45, 2.75) is 26.4 Å². The molecule has 8 nitrogen and oxygen atoms in total. The highest BCUT2D eigenvalue weighted by Gasteiger charge is 2.21. The SMILES string of the molecule is Cc1cccc(CC(=O)[C@H](C)OC(N)=O)c1C(=O)Nc1cc[nH]n1. The number of benzene rings is 1. The van der Waals surface area contributed by atoms with Gasteiger partial charge in [0.15, 0.2) is 17.7 Å². The van der Waals surface area contributed by atoms with E-state index in [9.17, 15) is 14.4 Å². The van der Waals surface area contributed by atoms with Gasteiger partial charge in [-0.25, -0.2) is 4.79 Å². The van der Waals surface area contributed by atoms with E-state index in [-0.39, 0.29) is 18.1 Å². The fraction of sp³-hybridized carbons (Fsp3) is 0.250. The number of carbonyl (C=O) groups is 3. The van der Waals surface area contributed by atoms with Crippen LogP contribution in [-0.4, -0.2) is 34.1 Å². The number of aryl methyl sites for hydroxylation is 1. The lowest BCUT2D eigenvalue weighted by Gasteiger charge is -2.14. The third-order valence-corrected chi connectivity index (χ3v) is 3.44. The van der Waals surface area contributed by atoms with Crippen LogP contribution in [-0.2, 0) is 16.0 Å². The first kappa shape index (κ1) is 17.2. The highest BCUT2D eigenvalue weighted by atomic mass is 16.6. The van der Waals surface area contributed by atoms with Crippen molar-refractivity contribution in [1.82, 2.24) is 10.2 Å². The standard InChI is InChI=1S/C16H18N4O4/c1-9-4-3-5-11(8-12(21)10(2)24-16(17)23)14(9)15(22)19-13-6-7-18-20-13/h3-7,10H,8H2,1-2H3,(H2,17,23)(H2,18,19,20,22)/t10-/m0/s1. The molecule has 1 aromatic heterocycles. The summed E-state index contributed by atoms with van der Waals surface area (Å²) in [4.78, 5) is 35.4. The number of aromatic amines is 1. The van der Waals surface area contributed by atoms with Gasteiger partial charge in [0.1, 0.15) is 0 Å². The van der Waals surface area contributed by atoms with E-state index in [2.05, 4.69) is 20.3 Å². The monoisotopic (exact) mass is 330 g/mol. The first-order valence-corrected chi connectivity index (χ1v) is 7.27. The Morgan fingerprint density at radius 2 is 2.08 bits per heavy atom. The van der Waals surface area contributed by atoms with E-state index in [1.807, 2.05) is 0 Å². The average Bonchev–Trinajstić information content (AvgIpc) is 2.99. The molecule has 0 fully saturated rings. The topological polar surface area (TPSA) is 127 Å². The van der Waals surface area contributed by atoms with Crippen LogP contribution in [0.5, 0.6) is 0 Å². The number of hydrogen-bond acceptors (Lipinski definition) is 5. The molecule has 0 aliphatic rings. The van der Waals surface area contributed by atoms with E-state index >= 15 is 0 Å². The number of nitrogens with zero attached hydrogens (tertiary/aromatic N) is 1. The number of Topliss-reactive ketones (excluding diaryl/α,β-unsaturated/α-hetero) is 1. The van der Waals surface area contributed by atoms with E-state index in [1.54, 1.807) is 37.4 Å². The van der Waals surface area contributed by atoms with E-state index in [0.29, 0.717) is 16.9 Å². The Hall–Kier alpha value is -3.16. The summed E-state index contributed by atoms with van der Waals surface area (Å²) in [6.45, 7) is 3.21. The van der Waals surface area contributed by atoms with Crippen molar-refractivity contribution in [3.05, 3.63) is 47.2 Å². The average molecular weight is 330 g/mol. The normalized spacial score (nSPS) is 11.6. The summed E-state index contributed by atoms with van der Waals surface area (Å²) in [7, 11) is 0. The third-order valence-electron chi connectivity index (χ3n) is 3.44. The van der Waals surface area contributed by atoms with Gasteiger partial charge in [-0.05, 0) is 25.0 Å². The van der Waals surface area contributed by atoms with Gasteiger partial charge >= 0.3 is 6.09 Å². The third kappa shape index (κ3) is 4.19. The van der Waals surface area contributed by atoms with Gasteiger partial charge in [0.25, 0.3) is 5.91 Å². The van der Waals surface area contributed by atoms with Crippen molar-refractivity contribution in [3.8, 4) is 0 Å². The molecule has 0 saturated carbocycles. The fourth-order valence-electron chi connectivity index (χ4n) is 2.28. The molecule has 8 heteroatoms. The van der Waals surface area contributed by atoms with Crippen LogP contribution >= 0.6 is 0 Å². The lowest BCUT2D eigenvalue weighted by molar-refractivity contribution is -0.125. The summed E-state index contributed by atoms with van der Waals surface area (Å²) in [5, 5.41) is 9.13. The Bertz CT molecular complexity index is 755. The largest absolute Gasteiger partial charge is 0.439 e. The molecule has 24 heavy (non-hydrogen) atoms. The van der Waals surface area contributed by atoms with Gasteiger partial charge in [-0.3, -0.25) is 14.7 Å². The van der Waals surface area contributed by atoms with Crippen molar-refractivity contribution in [2.24, 2.45) is 5.73 Å². The van der Waals surface area contributed by atoms with Crippen LogP contribution in [0.1, 0.15) is 28.4 Å². The molecule has 0 aliphatic heterocycles. The zero-order chi connectivity index (χ0) is 17.7. The number of nitrogens with one attached hydrogen (secondary N) is 2. The quantitative estimate of drug-likeness (QED) is 0.740. The molecule has 2 aromatic rings.